The van der Waals surface area contributed by atoms with Crippen molar-refractivity contribution < 1.29 is 4.79 Å². The first-order chi connectivity index (χ1) is 10.7. The normalized spacial score (nSPS) is 18.3. The second-order valence-corrected chi connectivity index (χ2v) is 6.13. The molecule has 2 aromatic rings. The Kier molecular flexibility index (Phi) is 4.27. The van der Waals surface area contributed by atoms with E-state index in [-0.39, 0.29) is 11.9 Å². The predicted octanol–water partition coefficient (Wildman–Crippen LogP) is 2.10. The molecule has 0 saturated heterocycles. The van der Waals surface area contributed by atoms with Gasteiger partial charge >= 0.3 is 0 Å². The number of carbonyl (C=O) groups excluding carboxylic acids is 1. The lowest BCUT2D eigenvalue weighted by atomic mass is 10.0. The van der Waals surface area contributed by atoms with Crippen molar-refractivity contribution in [1.82, 2.24) is 24.2 Å². The molecule has 0 bridgehead atoms. The molecule has 1 unspecified atom stereocenters. The minimum atomic E-state index is 0.0580. The summed E-state index contributed by atoms with van der Waals surface area (Å²) in [6, 6.07) is 1.94. The number of amides is 1. The number of hydrogen-bond acceptors (Lipinski definition) is 3. The number of fused-ring (bicyclic) bond motifs is 1. The van der Waals surface area contributed by atoms with Crippen LogP contribution in [0, 0.1) is 5.92 Å². The Hall–Kier alpha value is -2.11. The van der Waals surface area contributed by atoms with E-state index in [2.05, 4.69) is 28.5 Å². The maximum Gasteiger partial charge on any atom is 0.225 e. The Morgan fingerprint density at radius 1 is 1.32 bits per heavy atom. The van der Waals surface area contributed by atoms with E-state index in [9.17, 15) is 4.79 Å². The maximum atomic E-state index is 12.7. The van der Waals surface area contributed by atoms with Crippen molar-refractivity contribution in [1.29, 1.82) is 0 Å². The molecule has 2 aromatic heterocycles. The molecule has 0 aliphatic carbocycles. The van der Waals surface area contributed by atoms with Crippen LogP contribution in [0.4, 0.5) is 0 Å². The zero-order valence-corrected chi connectivity index (χ0v) is 13.2. The molecule has 6 nitrogen and oxygen atoms in total. The van der Waals surface area contributed by atoms with E-state index in [1.54, 1.807) is 10.9 Å². The van der Waals surface area contributed by atoms with Crippen LogP contribution in [0.2, 0.25) is 0 Å². The van der Waals surface area contributed by atoms with Crippen molar-refractivity contribution in [3.8, 4) is 0 Å². The van der Waals surface area contributed by atoms with Gasteiger partial charge < -0.3 is 9.47 Å². The Labute approximate surface area is 130 Å². The fraction of sp³-hybridized carbons (Fsp3) is 0.562. The molecule has 1 aliphatic heterocycles. The summed E-state index contributed by atoms with van der Waals surface area (Å²) in [7, 11) is 0. The van der Waals surface area contributed by atoms with Crippen molar-refractivity contribution in [2.75, 3.05) is 6.54 Å². The Bertz CT molecular complexity index is 616. The third-order valence-corrected chi connectivity index (χ3v) is 4.21. The van der Waals surface area contributed by atoms with Gasteiger partial charge in [0.25, 0.3) is 0 Å². The third-order valence-electron chi connectivity index (χ3n) is 4.21. The molecule has 0 fully saturated rings. The van der Waals surface area contributed by atoms with Gasteiger partial charge in [0.1, 0.15) is 5.82 Å². The highest BCUT2D eigenvalue weighted by atomic mass is 16.2. The maximum absolute atomic E-state index is 12.7. The Morgan fingerprint density at radius 3 is 2.91 bits per heavy atom. The smallest absolute Gasteiger partial charge is 0.225 e. The third kappa shape index (κ3) is 2.91. The van der Waals surface area contributed by atoms with Crippen LogP contribution in [0.15, 0.2) is 30.9 Å². The largest absolute Gasteiger partial charge is 0.333 e. The van der Waals surface area contributed by atoms with E-state index >= 15 is 0 Å². The van der Waals surface area contributed by atoms with Crippen LogP contribution in [0.5, 0.6) is 0 Å². The monoisotopic (exact) mass is 301 g/mol. The van der Waals surface area contributed by atoms with Crippen molar-refractivity contribution in [3.05, 3.63) is 36.7 Å². The highest BCUT2D eigenvalue weighted by molar-refractivity contribution is 5.76. The predicted molar refractivity (Wildman–Crippen MR) is 83.0 cm³/mol. The average molecular weight is 301 g/mol. The molecule has 1 amide bonds. The van der Waals surface area contributed by atoms with E-state index in [4.69, 9.17) is 0 Å². The highest BCUT2D eigenvalue weighted by Crippen LogP contribution is 2.30. The summed E-state index contributed by atoms with van der Waals surface area (Å²) in [5.74, 6) is 1.54. The quantitative estimate of drug-likeness (QED) is 0.869. The van der Waals surface area contributed by atoms with Gasteiger partial charge in [0, 0.05) is 50.8 Å². The van der Waals surface area contributed by atoms with E-state index < -0.39 is 0 Å². The zero-order valence-electron chi connectivity index (χ0n) is 13.2. The fourth-order valence-electron chi connectivity index (χ4n) is 3.19. The van der Waals surface area contributed by atoms with Crippen LogP contribution in [-0.2, 0) is 17.9 Å². The molecule has 0 N–H and O–H groups in total. The summed E-state index contributed by atoms with van der Waals surface area (Å²) in [5.41, 5.74) is 0. The van der Waals surface area contributed by atoms with Crippen molar-refractivity contribution >= 4 is 5.91 Å². The number of carbonyl (C=O) groups is 1. The number of hydrogen-bond donors (Lipinski definition) is 0. The first-order valence-corrected chi connectivity index (χ1v) is 7.94. The molecular weight excluding hydrogens is 278 g/mol. The van der Waals surface area contributed by atoms with Gasteiger partial charge in [0.2, 0.25) is 5.91 Å². The topological polar surface area (TPSA) is 56.0 Å². The van der Waals surface area contributed by atoms with Gasteiger partial charge in [-0.3, -0.25) is 9.48 Å². The van der Waals surface area contributed by atoms with Gasteiger partial charge in [-0.2, -0.15) is 5.10 Å². The summed E-state index contributed by atoms with van der Waals surface area (Å²) in [4.78, 5) is 19.3. The summed E-state index contributed by atoms with van der Waals surface area (Å²) < 4.78 is 3.99. The first-order valence-electron chi connectivity index (χ1n) is 7.94. The van der Waals surface area contributed by atoms with Crippen molar-refractivity contribution in [2.24, 2.45) is 5.92 Å². The van der Waals surface area contributed by atoms with Crippen LogP contribution in [-0.4, -0.2) is 36.7 Å². The second kappa shape index (κ2) is 6.34. The van der Waals surface area contributed by atoms with Gasteiger partial charge in [-0.15, -0.1) is 0 Å². The molecule has 0 spiro atoms. The van der Waals surface area contributed by atoms with E-state index in [0.717, 1.165) is 25.3 Å². The van der Waals surface area contributed by atoms with Gasteiger partial charge in [-0.25, -0.2) is 4.98 Å². The number of rotatable bonds is 4. The van der Waals surface area contributed by atoms with E-state index in [1.807, 2.05) is 29.6 Å². The van der Waals surface area contributed by atoms with E-state index in [1.165, 1.54) is 0 Å². The molecule has 0 radical (unpaired) electrons. The molecule has 0 saturated carbocycles. The standard InChI is InChI=1S/C16H23N5O/c1-13(2)15-16-17-7-12-19(16)8-4-10-21(15)14(22)5-11-20-9-3-6-18-20/h3,6-7,9,12-13,15H,4-5,8,10-11H2,1-2H3. The number of aromatic nitrogens is 4. The molecule has 118 valence electrons. The van der Waals surface area contributed by atoms with Gasteiger partial charge in [-0.05, 0) is 18.4 Å². The summed E-state index contributed by atoms with van der Waals surface area (Å²) in [6.07, 6.45) is 8.93. The van der Waals surface area contributed by atoms with E-state index in [0.29, 0.717) is 18.9 Å². The average Bonchev–Trinajstić information content (AvgIpc) is 3.13. The second-order valence-electron chi connectivity index (χ2n) is 6.13. The number of aryl methyl sites for hydroxylation is 2. The Morgan fingerprint density at radius 2 is 2.18 bits per heavy atom. The lowest BCUT2D eigenvalue weighted by Gasteiger charge is -2.32. The molecule has 6 heteroatoms. The van der Waals surface area contributed by atoms with Crippen LogP contribution in [0.3, 0.4) is 0 Å². The number of nitrogens with zero attached hydrogens (tertiary/aromatic N) is 5. The number of imidazole rings is 1. The first kappa shape index (κ1) is 14.8. The summed E-state index contributed by atoms with van der Waals surface area (Å²) >= 11 is 0. The van der Waals surface area contributed by atoms with Crippen LogP contribution in [0.25, 0.3) is 0 Å². The van der Waals surface area contributed by atoms with Crippen LogP contribution < -0.4 is 0 Å². The summed E-state index contributed by atoms with van der Waals surface area (Å²) in [5, 5.41) is 4.16. The summed E-state index contributed by atoms with van der Waals surface area (Å²) in [6.45, 7) is 6.67. The minimum absolute atomic E-state index is 0.0580. The van der Waals surface area contributed by atoms with Gasteiger partial charge in [0.05, 0.1) is 6.04 Å². The van der Waals surface area contributed by atoms with Crippen molar-refractivity contribution in [2.45, 2.75) is 45.8 Å². The molecule has 1 atom stereocenters. The molecule has 3 heterocycles. The fourth-order valence-corrected chi connectivity index (χ4v) is 3.19. The molecule has 3 rings (SSSR count). The molecule has 0 aromatic carbocycles. The SMILES string of the molecule is CC(C)C1c2nccn2CCCN1C(=O)CCn1cccn1. The van der Waals surface area contributed by atoms with Gasteiger partial charge in [-0.1, -0.05) is 13.8 Å². The minimum Gasteiger partial charge on any atom is -0.333 e. The molecule has 1 aliphatic rings. The van der Waals surface area contributed by atoms with Crippen LogP contribution >= 0.6 is 0 Å². The van der Waals surface area contributed by atoms with Crippen LogP contribution in [0.1, 0.15) is 38.6 Å². The molecular formula is C16H23N5O. The lowest BCUT2D eigenvalue weighted by molar-refractivity contribution is -0.135. The molecule has 22 heavy (non-hydrogen) atoms. The Balaban J connectivity index is 1.77. The van der Waals surface area contributed by atoms with Gasteiger partial charge in [0.15, 0.2) is 0 Å². The van der Waals surface area contributed by atoms with Crippen molar-refractivity contribution in [3.63, 3.8) is 0 Å². The zero-order chi connectivity index (χ0) is 15.5. The highest BCUT2D eigenvalue weighted by Gasteiger charge is 2.32. The lowest BCUT2D eigenvalue weighted by Crippen LogP contribution is -2.38.